The van der Waals surface area contributed by atoms with E-state index in [4.69, 9.17) is 4.74 Å². The summed E-state index contributed by atoms with van der Waals surface area (Å²) in [7, 11) is 0. The highest BCUT2D eigenvalue weighted by molar-refractivity contribution is 5.81. The average Bonchev–Trinajstić information content (AvgIpc) is 3.10. The molecular formula is C18H20N2O2. The molecule has 1 aliphatic heterocycles. The van der Waals surface area contributed by atoms with Crippen LogP contribution in [0.4, 0.5) is 0 Å². The molecule has 1 saturated heterocycles. The van der Waals surface area contributed by atoms with Gasteiger partial charge in [-0.1, -0.05) is 30.3 Å². The third-order valence-corrected chi connectivity index (χ3v) is 3.86. The molecule has 114 valence electrons. The Labute approximate surface area is 130 Å². The molecule has 0 bridgehead atoms. The highest BCUT2D eigenvalue weighted by Gasteiger charge is 2.28. The van der Waals surface area contributed by atoms with Crippen LogP contribution in [0.3, 0.4) is 0 Å². The van der Waals surface area contributed by atoms with Gasteiger partial charge in [-0.15, -0.1) is 0 Å². The molecule has 1 atom stereocenters. The molecule has 1 aromatic carbocycles. The van der Waals surface area contributed by atoms with E-state index >= 15 is 0 Å². The van der Waals surface area contributed by atoms with Gasteiger partial charge < -0.3 is 9.64 Å². The Morgan fingerprint density at radius 1 is 1.09 bits per heavy atom. The number of hydrogen-bond donors (Lipinski definition) is 0. The Balaban J connectivity index is 1.76. The van der Waals surface area contributed by atoms with Gasteiger partial charge in [0.05, 0.1) is 0 Å². The van der Waals surface area contributed by atoms with Gasteiger partial charge in [-0.05, 0) is 36.1 Å². The third-order valence-electron chi connectivity index (χ3n) is 3.86. The number of hydrogen-bond acceptors (Lipinski definition) is 3. The second-order valence-corrected chi connectivity index (χ2v) is 5.54. The maximum absolute atomic E-state index is 12.7. The molecule has 0 radical (unpaired) electrons. The smallest absolute Gasteiger partial charge is 0.252 e. The molecule has 1 aliphatic rings. The lowest BCUT2D eigenvalue weighted by Gasteiger charge is -2.25. The molecule has 0 aliphatic carbocycles. The van der Waals surface area contributed by atoms with E-state index < -0.39 is 0 Å². The molecule has 1 aromatic heterocycles. The fourth-order valence-electron chi connectivity index (χ4n) is 2.70. The van der Waals surface area contributed by atoms with Crippen molar-refractivity contribution in [3.8, 4) is 0 Å². The Morgan fingerprint density at radius 3 is 2.41 bits per heavy atom. The van der Waals surface area contributed by atoms with Gasteiger partial charge in [-0.3, -0.25) is 9.78 Å². The van der Waals surface area contributed by atoms with Crippen molar-refractivity contribution < 1.29 is 9.53 Å². The van der Waals surface area contributed by atoms with Gasteiger partial charge in [0.15, 0.2) is 0 Å². The van der Waals surface area contributed by atoms with Gasteiger partial charge >= 0.3 is 0 Å². The van der Waals surface area contributed by atoms with Crippen LogP contribution in [0, 0.1) is 0 Å². The number of carbonyl (C=O) groups is 1. The molecule has 3 rings (SSSR count). The molecule has 1 fully saturated rings. The predicted octanol–water partition coefficient (Wildman–Crippen LogP) is 2.79. The summed E-state index contributed by atoms with van der Waals surface area (Å²) in [6.07, 6.45) is 5.01. The minimum absolute atomic E-state index is 0.0816. The third kappa shape index (κ3) is 3.71. The van der Waals surface area contributed by atoms with Crippen LogP contribution in [-0.2, 0) is 22.6 Å². The number of nitrogens with zero attached hydrogens (tertiary/aromatic N) is 2. The van der Waals surface area contributed by atoms with Gasteiger partial charge in [0.1, 0.15) is 6.10 Å². The number of benzene rings is 1. The maximum atomic E-state index is 12.7. The van der Waals surface area contributed by atoms with Crippen molar-refractivity contribution in [3.63, 3.8) is 0 Å². The van der Waals surface area contributed by atoms with Crippen LogP contribution in [0.15, 0.2) is 54.9 Å². The van der Waals surface area contributed by atoms with Crippen molar-refractivity contribution in [2.45, 2.75) is 32.0 Å². The standard InChI is InChI=1S/C18H20N2O2/c21-18(17-7-4-12-22-17)20(13-15-5-2-1-3-6-15)14-16-8-10-19-11-9-16/h1-3,5-6,8-11,17H,4,7,12-14H2/t17-/m0/s1. The SMILES string of the molecule is O=C([C@@H]1CCCO1)N(Cc1ccccc1)Cc1ccncc1. The summed E-state index contributed by atoms with van der Waals surface area (Å²) >= 11 is 0. The lowest BCUT2D eigenvalue weighted by molar-refractivity contribution is -0.142. The zero-order valence-electron chi connectivity index (χ0n) is 12.5. The average molecular weight is 296 g/mol. The predicted molar refractivity (Wildman–Crippen MR) is 83.9 cm³/mol. The Bertz CT molecular complexity index is 553. The van der Waals surface area contributed by atoms with E-state index in [0.29, 0.717) is 19.7 Å². The first kappa shape index (κ1) is 14.7. The van der Waals surface area contributed by atoms with Gasteiger partial charge in [0.25, 0.3) is 5.91 Å². The molecule has 22 heavy (non-hydrogen) atoms. The van der Waals surface area contributed by atoms with E-state index in [1.807, 2.05) is 47.4 Å². The fraction of sp³-hybridized carbons (Fsp3) is 0.333. The highest BCUT2D eigenvalue weighted by atomic mass is 16.5. The lowest BCUT2D eigenvalue weighted by Crippen LogP contribution is -2.38. The summed E-state index contributed by atoms with van der Waals surface area (Å²) in [4.78, 5) is 18.6. The number of ether oxygens (including phenoxy) is 1. The van der Waals surface area contributed by atoms with Crippen LogP contribution in [0.1, 0.15) is 24.0 Å². The Morgan fingerprint density at radius 2 is 1.77 bits per heavy atom. The minimum atomic E-state index is -0.287. The molecule has 0 N–H and O–H groups in total. The normalized spacial score (nSPS) is 17.4. The van der Waals surface area contributed by atoms with Crippen molar-refractivity contribution in [2.75, 3.05) is 6.61 Å². The topological polar surface area (TPSA) is 42.4 Å². The summed E-state index contributed by atoms with van der Waals surface area (Å²) in [6, 6.07) is 14.0. The first-order valence-electron chi connectivity index (χ1n) is 7.66. The molecule has 2 heterocycles. The minimum Gasteiger partial charge on any atom is -0.368 e. The molecule has 0 unspecified atom stereocenters. The van der Waals surface area contributed by atoms with Gasteiger partial charge in [0, 0.05) is 32.1 Å². The quantitative estimate of drug-likeness (QED) is 0.852. The van der Waals surface area contributed by atoms with Crippen LogP contribution < -0.4 is 0 Å². The summed E-state index contributed by atoms with van der Waals surface area (Å²) in [5.74, 6) is 0.0816. The van der Waals surface area contributed by atoms with Crippen molar-refractivity contribution in [1.82, 2.24) is 9.88 Å². The molecule has 0 spiro atoms. The van der Waals surface area contributed by atoms with Crippen LogP contribution in [0.2, 0.25) is 0 Å². The van der Waals surface area contributed by atoms with Crippen molar-refractivity contribution in [1.29, 1.82) is 0 Å². The van der Waals surface area contributed by atoms with Crippen molar-refractivity contribution >= 4 is 5.91 Å². The molecule has 4 nitrogen and oxygen atoms in total. The second-order valence-electron chi connectivity index (χ2n) is 5.54. The largest absolute Gasteiger partial charge is 0.368 e. The number of amides is 1. The van der Waals surface area contributed by atoms with E-state index in [0.717, 1.165) is 24.0 Å². The Hall–Kier alpha value is -2.20. The van der Waals surface area contributed by atoms with E-state index in [1.54, 1.807) is 12.4 Å². The molecule has 2 aromatic rings. The van der Waals surface area contributed by atoms with E-state index in [-0.39, 0.29) is 12.0 Å². The van der Waals surface area contributed by atoms with E-state index in [2.05, 4.69) is 4.98 Å². The number of pyridine rings is 1. The highest BCUT2D eigenvalue weighted by Crippen LogP contribution is 2.18. The van der Waals surface area contributed by atoms with Crippen LogP contribution in [0.25, 0.3) is 0 Å². The zero-order valence-corrected chi connectivity index (χ0v) is 12.5. The summed E-state index contributed by atoms with van der Waals surface area (Å²) in [5.41, 5.74) is 2.21. The summed E-state index contributed by atoms with van der Waals surface area (Å²) in [6.45, 7) is 1.86. The first-order chi connectivity index (χ1) is 10.8. The molecule has 0 saturated carbocycles. The summed E-state index contributed by atoms with van der Waals surface area (Å²) < 4.78 is 5.57. The van der Waals surface area contributed by atoms with Gasteiger partial charge in [-0.2, -0.15) is 0 Å². The van der Waals surface area contributed by atoms with Crippen LogP contribution in [-0.4, -0.2) is 28.5 Å². The number of carbonyl (C=O) groups excluding carboxylic acids is 1. The summed E-state index contributed by atoms with van der Waals surface area (Å²) in [5, 5.41) is 0. The lowest BCUT2D eigenvalue weighted by atomic mass is 10.1. The van der Waals surface area contributed by atoms with Crippen LogP contribution in [0.5, 0.6) is 0 Å². The Kier molecular flexibility index (Phi) is 4.81. The van der Waals surface area contributed by atoms with Gasteiger partial charge in [0.2, 0.25) is 0 Å². The van der Waals surface area contributed by atoms with E-state index in [9.17, 15) is 4.79 Å². The number of rotatable bonds is 5. The van der Waals surface area contributed by atoms with Crippen molar-refractivity contribution in [2.24, 2.45) is 0 Å². The van der Waals surface area contributed by atoms with Gasteiger partial charge in [-0.25, -0.2) is 0 Å². The molecule has 1 amide bonds. The monoisotopic (exact) mass is 296 g/mol. The van der Waals surface area contributed by atoms with Crippen molar-refractivity contribution in [3.05, 3.63) is 66.0 Å². The molecular weight excluding hydrogens is 276 g/mol. The van der Waals surface area contributed by atoms with Crippen LogP contribution >= 0.6 is 0 Å². The fourth-order valence-corrected chi connectivity index (χ4v) is 2.70. The maximum Gasteiger partial charge on any atom is 0.252 e. The molecule has 4 heteroatoms. The first-order valence-corrected chi connectivity index (χ1v) is 7.66. The second kappa shape index (κ2) is 7.18. The number of aromatic nitrogens is 1. The zero-order chi connectivity index (χ0) is 15.2. The van der Waals surface area contributed by atoms with E-state index in [1.165, 1.54) is 0 Å².